The lowest BCUT2D eigenvalue weighted by molar-refractivity contribution is -0.122. The number of benzene rings is 2. The maximum Gasteiger partial charge on any atom is 0.232 e. The molecule has 2 N–H and O–H groups in total. The minimum atomic E-state index is -0.250. The summed E-state index contributed by atoms with van der Waals surface area (Å²) in [6.45, 7) is 4.13. The second kappa shape index (κ2) is 7.42. The van der Waals surface area contributed by atoms with E-state index in [2.05, 4.69) is 17.6 Å². The first-order valence-corrected chi connectivity index (χ1v) is 8.36. The molecule has 0 bridgehead atoms. The Kier molecular flexibility index (Phi) is 5.09. The summed E-state index contributed by atoms with van der Waals surface area (Å²) in [6, 6.07) is 20.3. The summed E-state index contributed by atoms with van der Waals surface area (Å²) in [7, 11) is 0. The molecular formula is C20H24N2O. The maximum absolute atomic E-state index is 13.0. The Morgan fingerprint density at radius 2 is 1.61 bits per heavy atom. The van der Waals surface area contributed by atoms with Crippen molar-refractivity contribution in [2.24, 2.45) is 5.92 Å². The predicted molar refractivity (Wildman–Crippen MR) is 93.3 cm³/mol. The van der Waals surface area contributed by atoms with Crippen LogP contribution in [0.2, 0.25) is 0 Å². The lowest BCUT2D eigenvalue weighted by Crippen LogP contribution is -2.49. The molecule has 2 unspecified atom stereocenters. The number of rotatable bonds is 4. The number of carbonyl (C=O) groups is 1. The first kappa shape index (κ1) is 15.8. The molecule has 1 aliphatic heterocycles. The van der Waals surface area contributed by atoms with E-state index in [1.54, 1.807) is 0 Å². The molecule has 0 saturated carbocycles. The van der Waals surface area contributed by atoms with Gasteiger partial charge in [0.15, 0.2) is 0 Å². The molecule has 1 fully saturated rings. The summed E-state index contributed by atoms with van der Waals surface area (Å²) in [5.41, 5.74) is 2.08. The van der Waals surface area contributed by atoms with Gasteiger partial charge in [-0.15, -0.1) is 0 Å². The van der Waals surface area contributed by atoms with Gasteiger partial charge in [-0.3, -0.25) is 4.79 Å². The van der Waals surface area contributed by atoms with E-state index in [9.17, 15) is 4.79 Å². The first-order valence-electron chi connectivity index (χ1n) is 8.36. The van der Waals surface area contributed by atoms with Gasteiger partial charge in [-0.25, -0.2) is 0 Å². The number of amides is 1. The van der Waals surface area contributed by atoms with Gasteiger partial charge in [0.25, 0.3) is 0 Å². The summed E-state index contributed by atoms with van der Waals surface area (Å²) < 4.78 is 0. The molecule has 2 aromatic rings. The smallest absolute Gasteiger partial charge is 0.232 e. The van der Waals surface area contributed by atoms with Gasteiger partial charge in [0, 0.05) is 6.04 Å². The molecule has 0 aromatic heterocycles. The predicted octanol–water partition coefficient (Wildman–Crippen LogP) is 2.93. The fraction of sp³-hybridized carbons (Fsp3) is 0.350. The third-order valence-electron chi connectivity index (χ3n) is 4.64. The Labute approximate surface area is 138 Å². The molecule has 0 aliphatic carbocycles. The van der Waals surface area contributed by atoms with E-state index in [0.29, 0.717) is 5.92 Å². The minimum absolute atomic E-state index is 0.0983. The van der Waals surface area contributed by atoms with Crippen molar-refractivity contribution in [3.8, 4) is 0 Å². The van der Waals surface area contributed by atoms with E-state index >= 15 is 0 Å². The Hall–Kier alpha value is -2.13. The normalized spacial score (nSPS) is 21.1. The van der Waals surface area contributed by atoms with Crippen LogP contribution in [0, 0.1) is 5.92 Å². The number of nitrogens with one attached hydrogen (secondary N) is 2. The molecule has 120 valence electrons. The van der Waals surface area contributed by atoms with E-state index in [1.165, 1.54) is 0 Å². The third-order valence-corrected chi connectivity index (χ3v) is 4.64. The topological polar surface area (TPSA) is 41.1 Å². The number of hydrogen-bond donors (Lipinski definition) is 2. The van der Waals surface area contributed by atoms with Crippen molar-refractivity contribution in [1.29, 1.82) is 0 Å². The summed E-state index contributed by atoms with van der Waals surface area (Å²) in [4.78, 5) is 13.0. The molecule has 0 spiro atoms. The van der Waals surface area contributed by atoms with Gasteiger partial charge in [0.2, 0.25) is 5.91 Å². The van der Waals surface area contributed by atoms with Crippen molar-refractivity contribution in [3.63, 3.8) is 0 Å². The molecule has 2 atom stereocenters. The number of piperidine rings is 1. The average molecular weight is 308 g/mol. The van der Waals surface area contributed by atoms with Crippen molar-refractivity contribution in [2.45, 2.75) is 25.3 Å². The van der Waals surface area contributed by atoms with Gasteiger partial charge >= 0.3 is 0 Å². The van der Waals surface area contributed by atoms with E-state index in [4.69, 9.17) is 0 Å². The summed E-state index contributed by atoms with van der Waals surface area (Å²) in [5.74, 6) is 0.306. The van der Waals surface area contributed by atoms with Crippen molar-refractivity contribution < 1.29 is 4.79 Å². The summed E-state index contributed by atoms with van der Waals surface area (Å²) >= 11 is 0. The van der Waals surface area contributed by atoms with E-state index in [0.717, 1.165) is 30.6 Å². The third kappa shape index (κ3) is 3.80. The largest absolute Gasteiger partial charge is 0.352 e. The van der Waals surface area contributed by atoms with Crippen LogP contribution in [-0.2, 0) is 4.79 Å². The van der Waals surface area contributed by atoms with Crippen LogP contribution in [0.5, 0.6) is 0 Å². The Bertz CT molecular complexity index is 587. The number of carbonyl (C=O) groups excluding carboxylic acids is 1. The molecule has 0 radical (unpaired) electrons. The molecule has 1 heterocycles. The fourth-order valence-corrected chi connectivity index (χ4v) is 3.28. The van der Waals surface area contributed by atoms with E-state index < -0.39 is 0 Å². The Morgan fingerprint density at radius 3 is 2.13 bits per heavy atom. The lowest BCUT2D eigenvalue weighted by atomic mass is 9.89. The zero-order valence-electron chi connectivity index (χ0n) is 13.5. The molecular weight excluding hydrogens is 284 g/mol. The van der Waals surface area contributed by atoms with Gasteiger partial charge in [-0.2, -0.15) is 0 Å². The number of hydrogen-bond acceptors (Lipinski definition) is 2. The van der Waals surface area contributed by atoms with Crippen molar-refractivity contribution in [2.75, 3.05) is 13.1 Å². The van der Waals surface area contributed by atoms with E-state index in [-0.39, 0.29) is 17.9 Å². The van der Waals surface area contributed by atoms with Crippen LogP contribution in [0.15, 0.2) is 60.7 Å². The lowest BCUT2D eigenvalue weighted by Gasteiger charge is -2.31. The van der Waals surface area contributed by atoms with E-state index in [1.807, 2.05) is 60.7 Å². The van der Waals surface area contributed by atoms with Crippen molar-refractivity contribution >= 4 is 5.91 Å². The van der Waals surface area contributed by atoms with Gasteiger partial charge in [-0.05, 0) is 36.6 Å². The highest BCUT2D eigenvalue weighted by Gasteiger charge is 2.28. The molecule has 2 aromatic carbocycles. The molecule has 23 heavy (non-hydrogen) atoms. The van der Waals surface area contributed by atoms with Crippen molar-refractivity contribution in [3.05, 3.63) is 71.8 Å². The van der Waals surface area contributed by atoms with Crippen LogP contribution >= 0.6 is 0 Å². The monoisotopic (exact) mass is 308 g/mol. The fourth-order valence-electron chi connectivity index (χ4n) is 3.28. The SMILES string of the molecule is CC1CNCCC1NC(=O)C(c1ccccc1)c1ccccc1. The Morgan fingerprint density at radius 1 is 1.04 bits per heavy atom. The van der Waals surface area contributed by atoms with Crippen molar-refractivity contribution in [1.82, 2.24) is 10.6 Å². The van der Waals surface area contributed by atoms with Crippen LogP contribution in [0.3, 0.4) is 0 Å². The molecule has 3 nitrogen and oxygen atoms in total. The second-order valence-electron chi connectivity index (χ2n) is 6.34. The Balaban J connectivity index is 1.85. The van der Waals surface area contributed by atoms with Crippen LogP contribution < -0.4 is 10.6 Å². The quantitative estimate of drug-likeness (QED) is 0.912. The summed E-state index contributed by atoms with van der Waals surface area (Å²) in [6.07, 6.45) is 0.989. The van der Waals surface area contributed by atoms with Gasteiger partial charge in [0.05, 0.1) is 5.92 Å². The molecule has 1 amide bonds. The van der Waals surface area contributed by atoms with Crippen LogP contribution in [0.25, 0.3) is 0 Å². The standard InChI is InChI=1S/C20H24N2O/c1-15-14-21-13-12-18(15)22-20(23)19(16-8-4-2-5-9-16)17-10-6-3-7-11-17/h2-11,15,18-19,21H,12-14H2,1H3,(H,22,23). The molecule has 1 aliphatic rings. The molecule has 3 rings (SSSR count). The van der Waals surface area contributed by atoms with Gasteiger partial charge < -0.3 is 10.6 Å². The zero-order valence-corrected chi connectivity index (χ0v) is 13.5. The molecule has 3 heteroatoms. The highest BCUT2D eigenvalue weighted by Crippen LogP contribution is 2.25. The van der Waals surface area contributed by atoms with Crippen LogP contribution in [0.1, 0.15) is 30.4 Å². The average Bonchev–Trinajstić information content (AvgIpc) is 2.59. The maximum atomic E-state index is 13.0. The van der Waals surface area contributed by atoms with Gasteiger partial charge in [-0.1, -0.05) is 67.6 Å². The van der Waals surface area contributed by atoms with Gasteiger partial charge in [0.1, 0.15) is 0 Å². The second-order valence-corrected chi connectivity index (χ2v) is 6.34. The molecule has 1 saturated heterocycles. The highest BCUT2D eigenvalue weighted by molar-refractivity contribution is 5.87. The summed E-state index contributed by atoms with van der Waals surface area (Å²) in [5, 5.41) is 6.67. The van der Waals surface area contributed by atoms with Crippen LogP contribution in [0.4, 0.5) is 0 Å². The first-order chi connectivity index (χ1) is 11.3. The van der Waals surface area contributed by atoms with Crippen LogP contribution in [-0.4, -0.2) is 25.0 Å². The highest BCUT2D eigenvalue weighted by atomic mass is 16.2. The minimum Gasteiger partial charge on any atom is -0.352 e. The zero-order chi connectivity index (χ0) is 16.1.